The van der Waals surface area contributed by atoms with Crippen molar-refractivity contribution in [3.8, 4) is 11.1 Å². The van der Waals surface area contributed by atoms with Crippen LogP contribution in [0.1, 0.15) is 64.3 Å². The SMILES string of the molecule is CCOC(=O)c1[nH]c(C=NCO)c(-c2ccc(CO)c(CO)c2CO)c1C(O)C1CC1. The van der Waals surface area contributed by atoms with Crippen LogP contribution in [0.3, 0.4) is 0 Å². The zero-order valence-electron chi connectivity index (χ0n) is 17.3. The van der Waals surface area contributed by atoms with Crippen molar-refractivity contribution in [2.75, 3.05) is 13.3 Å². The van der Waals surface area contributed by atoms with Gasteiger partial charge in [0.1, 0.15) is 12.4 Å². The summed E-state index contributed by atoms with van der Waals surface area (Å²) in [6.07, 6.45) is 2.02. The molecule has 3 rings (SSSR count). The van der Waals surface area contributed by atoms with E-state index in [4.69, 9.17) is 9.84 Å². The second kappa shape index (κ2) is 10.2. The Hall–Kier alpha value is -2.56. The lowest BCUT2D eigenvalue weighted by atomic mass is 9.88. The zero-order chi connectivity index (χ0) is 22.5. The van der Waals surface area contributed by atoms with Crippen LogP contribution in [0.25, 0.3) is 11.1 Å². The molecule has 9 heteroatoms. The van der Waals surface area contributed by atoms with Gasteiger partial charge in [-0.2, -0.15) is 0 Å². The molecule has 0 bridgehead atoms. The van der Waals surface area contributed by atoms with Gasteiger partial charge < -0.3 is 35.3 Å². The minimum atomic E-state index is -0.955. The first-order valence-corrected chi connectivity index (χ1v) is 10.2. The van der Waals surface area contributed by atoms with E-state index in [0.717, 1.165) is 12.8 Å². The normalized spacial score (nSPS) is 14.9. The Bertz CT molecular complexity index is 963. The molecule has 6 N–H and O–H groups in total. The first-order valence-electron chi connectivity index (χ1n) is 10.2. The molecule has 1 heterocycles. The highest BCUT2D eigenvalue weighted by Gasteiger charge is 2.38. The molecule has 31 heavy (non-hydrogen) atoms. The lowest BCUT2D eigenvalue weighted by Gasteiger charge is -2.19. The van der Waals surface area contributed by atoms with Gasteiger partial charge in [-0.3, -0.25) is 4.99 Å². The second-order valence-electron chi connectivity index (χ2n) is 7.36. The smallest absolute Gasteiger partial charge is 0.355 e. The number of aliphatic hydroxyl groups excluding tert-OH is 5. The van der Waals surface area contributed by atoms with Crippen molar-refractivity contribution in [3.63, 3.8) is 0 Å². The van der Waals surface area contributed by atoms with Crippen molar-refractivity contribution in [2.24, 2.45) is 10.9 Å². The number of rotatable bonds is 10. The van der Waals surface area contributed by atoms with E-state index < -0.39 is 32.0 Å². The number of aliphatic hydroxyl groups is 5. The molecule has 1 fully saturated rings. The summed E-state index contributed by atoms with van der Waals surface area (Å²) < 4.78 is 5.17. The minimum absolute atomic E-state index is 0.0167. The molecule has 1 saturated carbocycles. The van der Waals surface area contributed by atoms with Gasteiger partial charge in [0.05, 0.1) is 38.2 Å². The fraction of sp³-hybridized carbons (Fsp3) is 0.455. The van der Waals surface area contributed by atoms with Gasteiger partial charge in [-0.05, 0) is 47.9 Å². The number of benzene rings is 1. The number of aromatic nitrogens is 1. The molecule has 1 aliphatic carbocycles. The maximum Gasteiger partial charge on any atom is 0.355 e. The zero-order valence-corrected chi connectivity index (χ0v) is 17.3. The van der Waals surface area contributed by atoms with Crippen LogP contribution in [0.5, 0.6) is 0 Å². The van der Waals surface area contributed by atoms with E-state index in [0.29, 0.717) is 39.1 Å². The number of H-pyrrole nitrogens is 1. The molecule has 0 spiro atoms. The molecule has 2 aromatic rings. The standard InChI is InChI=1S/C22H28N2O7/c1-2-31-22(30)20-19(21(29)12-3-4-12)18(17(24-20)7-23-11-28)14-6-5-13(8-25)15(9-26)16(14)10-27/h5-7,12,21,24-29H,2-4,8-11H2,1H3. The maximum absolute atomic E-state index is 12.7. The van der Waals surface area contributed by atoms with Crippen LogP contribution in [-0.2, 0) is 24.6 Å². The third-order valence-electron chi connectivity index (χ3n) is 5.50. The molecule has 0 radical (unpaired) electrons. The predicted octanol–water partition coefficient (Wildman–Crippen LogP) is 1.15. The molecule has 0 aliphatic heterocycles. The summed E-state index contributed by atoms with van der Waals surface area (Å²) in [5.74, 6) is -0.654. The summed E-state index contributed by atoms with van der Waals surface area (Å²) in [6.45, 7) is 0.183. The lowest BCUT2D eigenvalue weighted by Crippen LogP contribution is -2.12. The number of hydrogen-bond donors (Lipinski definition) is 6. The average molecular weight is 432 g/mol. The van der Waals surface area contributed by atoms with Gasteiger partial charge in [-0.1, -0.05) is 12.1 Å². The molecule has 0 amide bonds. The third kappa shape index (κ3) is 4.56. The number of nitrogens with zero attached hydrogens (tertiary/aromatic N) is 1. The van der Waals surface area contributed by atoms with Crippen molar-refractivity contribution in [1.82, 2.24) is 4.98 Å². The molecule has 1 aromatic heterocycles. The summed E-state index contributed by atoms with van der Waals surface area (Å²) in [7, 11) is 0. The van der Waals surface area contributed by atoms with Crippen LogP contribution >= 0.6 is 0 Å². The van der Waals surface area contributed by atoms with Gasteiger partial charge in [-0.15, -0.1) is 0 Å². The van der Waals surface area contributed by atoms with E-state index >= 15 is 0 Å². The highest BCUT2D eigenvalue weighted by atomic mass is 16.5. The number of esters is 1. The topological polar surface area (TPSA) is 156 Å². The fourth-order valence-electron chi connectivity index (χ4n) is 3.86. The fourth-order valence-corrected chi connectivity index (χ4v) is 3.86. The monoisotopic (exact) mass is 432 g/mol. The average Bonchev–Trinajstić information content (AvgIpc) is 3.56. The maximum atomic E-state index is 12.7. The largest absolute Gasteiger partial charge is 0.461 e. The molecular weight excluding hydrogens is 404 g/mol. The summed E-state index contributed by atoms with van der Waals surface area (Å²) in [4.78, 5) is 19.5. The van der Waals surface area contributed by atoms with Gasteiger partial charge in [-0.25, -0.2) is 4.79 Å². The Balaban J connectivity index is 2.34. The van der Waals surface area contributed by atoms with Crippen LogP contribution in [0.2, 0.25) is 0 Å². The molecular formula is C22H28N2O7. The first-order chi connectivity index (χ1) is 15.0. The molecule has 168 valence electrons. The quantitative estimate of drug-likeness (QED) is 0.243. The van der Waals surface area contributed by atoms with E-state index in [1.165, 1.54) is 6.21 Å². The Morgan fingerprint density at radius 2 is 1.90 bits per heavy atom. The number of nitrogens with one attached hydrogen (secondary N) is 1. The van der Waals surface area contributed by atoms with Crippen LogP contribution < -0.4 is 0 Å². The highest BCUT2D eigenvalue weighted by Crippen LogP contribution is 2.47. The summed E-state index contributed by atoms with van der Waals surface area (Å²) >= 11 is 0. The molecule has 1 aliphatic rings. The number of hydrogen-bond acceptors (Lipinski definition) is 8. The van der Waals surface area contributed by atoms with Crippen molar-refractivity contribution in [2.45, 2.75) is 45.7 Å². The van der Waals surface area contributed by atoms with E-state index in [2.05, 4.69) is 9.98 Å². The van der Waals surface area contributed by atoms with Crippen molar-refractivity contribution >= 4 is 12.2 Å². The number of carbonyl (C=O) groups is 1. The van der Waals surface area contributed by atoms with E-state index in [9.17, 15) is 25.2 Å². The van der Waals surface area contributed by atoms with E-state index in [-0.39, 0.29) is 24.8 Å². The summed E-state index contributed by atoms with van der Waals surface area (Å²) in [6, 6.07) is 3.28. The number of ether oxygens (including phenoxy) is 1. The van der Waals surface area contributed by atoms with Crippen LogP contribution in [-0.4, -0.2) is 56.0 Å². The predicted molar refractivity (Wildman–Crippen MR) is 112 cm³/mol. The van der Waals surface area contributed by atoms with Crippen molar-refractivity contribution in [1.29, 1.82) is 0 Å². The lowest BCUT2D eigenvalue weighted by molar-refractivity contribution is 0.0511. The Morgan fingerprint density at radius 3 is 2.45 bits per heavy atom. The number of aromatic amines is 1. The van der Waals surface area contributed by atoms with Crippen molar-refractivity contribution < 1.29 is 35.1 Å². The van der Waals surface area contributed by atoms with Crippen molar-refractivity contribution in [3.05, 3.63) is 45.8 Å². The van der Waals surface area contributed by atoms with Crippen LogP contribution in [0.15, 0.2) is 17.1 Å². The van der Waals surface area contributed by atoms with Crippen LogP contribution in [0, 0.1) is 5.92 Å². The Kier molecular flexibility index (Phi) is 7.58. The van der Waals surface area contributed by atoms with Gasteiger partial charge >= 0.3 is 5.97 Å². The third-order valence-corrected chi connectivity index (χ3v) is 5.50. The minimum Gasteiger partial charge on any atom is -0.461 e. The highest BCUT2D eigenvalue weighted by molar-refractivity contribution is 5.99. The van der Waals surface area contributed by atoms with Gasteiger partial charge in [0.15, 0.2) is 0 Å². The molecule has 9 nitrogen and oxygen atoms in total. The second-order valence-corrected chi connectivity index (χ2v) is 7.36. The first kappa shape index (κ1) is 23.1. The Morgan fingerprint density at radius 1 is 1.19 bits per heavy atom. The summed E-state index contributed by atoms with van der Waals surface area (Å²) in [5, 5.41) is 49.8. The van der Waals surface area contributed by atoms with Gasteiger partial charge in [0.25, 0.3) is 0 Å². The van der Waals surface area contributed by atoms with E-state index in [1.54, 1.807) is 19.1 Å². The Labute approximate surface area is 179 Å². The number of carbonyl (C=O) groups excluding carboxylic acids is 1. The van der Waals surface area contributed by atoms with Gasteiger partial charge in [0, 0.05) is 17.3 Å². The molecule has 1 atom stereocenters. The molecule has 1 unspecified atom stereocenters. The molecule has 1 aromatic carbocycles. The van der Waals surface area contributed by atoms with E-state index in [1.807, 2.05) is 0 Å². The van der Waals surface area contributed by atoms with Gasteiger partial charge in [0.2, 0.25) is 0 Å². The summed E-state index contributed by atoms with van der Waals surface area (Å²) in [5.41, 5.74) is 2.87. The number of aliphatic imine (C=N–C) groups is 1. The molecule has 0 saturated heterocycles. The van der Waals surface area contributed by atoms with Crippen LogP contribution in [0.4, 0.5) is 0 Å².